The minimum Gasteiger partial charge on any atom is -0.462 e. The number of para-hydroxylation sites is 1. The van der Waals surface area contributed by atoms with Gasteiger partial charge in [0, 0.05) is 0 Å². The van der Waals surface area contributed by atoms with Gasteiger partial charge in [0.15, 0.2) is 11.0 Å². The summed E-state index contributed by atoms with van der Waals surface area (Å²) in [5.74, 6) is -0.314. The second-order valence-corrected chi connectivity index (χ2v) is 6.11. The molecule has 2 heterocycles. The summed E-state index contributed by atoms with van der Waals surface area (Å²) in [5, 5.41) is 3.23. The van der Waals surface area contributed by atoms with Gasteiger partial charge in [-0.2, -0.15) is 0 Å². The molecule has 1 aromatic heterocycles. The van der Waals surface area contributed by atoms with E-state index in [1.54, 1.807) is 18.2 Å². The molecule has 100 valence electrons. The van der Waals surface area contributed by atoms with Crippen molar-refractivity contribution in [2.24, 2.45) is 0 Å². The van der Waals surface area contributed by atoms with Crippen LogP contribution in [0.25, 0.3) is 17.0 Å². The van der Waals surface area contributed by atoms with Crippen molar-refractivity contribution in [3.63, 3.8) is 0 Å². The summed E-state index contributed by atoms with van der Waals surface area (Å²) in [6.45, 7) is 0. The van der Waals surface area contributed by atoms with E-state index >= 15 is 0 Å². The molecule has 0 spiro atoms. The second-order valence-electron chi connectivity index (χ2n) is 3.99. The highest BCUT2D eigenvalue weighted by molar-refractivity contribution is 8.26. The third-order valence-electron chi connectivity index (χ3n) is 2.71. The van der Waals surface area contributed by atoms with Gasteiger partial charge < -0.3 is 9.73 Å². The van der Waals surface area contributed by atoms with Crippen LogP contribution in [0, 0.1) is 0 Å². The fourth-order valence-corrected chi connectivity index (χ4v) is 3.05. The van der Waals surface area contributed by atoms with E-state index in [0.29, 0.717) is 25.2 Å². The van der Waals surface area contributed by atoms with Gasteiger partial charge in [-0.1, -0.05) is 41.6 Å². The molecule has 0 atom stereocenters. The van der Waals surface area contributed by atoms with Gasteiger partial charge in [-0.05, 0) is 18.2 Å². The standard InChI is InChI=1S/C13H6ClNO3S2/c14-8-3-1-2-7-10(16)6(5-18-11(7)8)4-9-12(17)15-13(19)20-9/h1-5H,(H,15,17,19)/b9-4+. The van der Waals surface area contributed by atoms with Gasteiger partial charge in [0.25, 0.3) is 5.91 Å². The lowest BCUT2D eigenvalue weighted by Gasteiger charge is -2.00. The largest absolute Gasteiger partial charge is 0.462 e. The highest BCUT2D eigenvalue weighted by atomic mass is 35.5. The Hall–Kier alpha value is -1.63. The van der Waals surface area contributed by atoms with Gasteiger partial charge in [-0.15, -0.1) is 0 Å². The maximum Gasteiger partial charge on any atom is 0.263 e. The third-order valence-corrected chi connectivity index (χ3v) is 4.17. The Labute approximate surface area is 127 Å². The lowest BCUT2D eigenvalue weighted by Crippen LogP contribution is -2.17. The predicted octanol–water partition coefficient (Wildman–Crippen LogP) is 2.94. The van der Waals surface area contributed by atoms with Gasteiger partial charge >= 0.3 is 0 Å². The molecule has 7 heteroatoms. The molecule has 0 radical (unpaired) electrons. The van der Waals surface area contributed by atoms with Crippen LogP contribution < -0.4 is 10.7 Å². The number of hydrogen-bond acceptors (Lipinski definition) is 5. The molecule has 20 heavy (non-hydrogen) atoms. The van der Waals surface area contributed by atoms with Crippen LogP contribution in [0.4, 0.5) is 0 Å². The SMILES string of the molecule is O=C1NC(=S)S/C1=C/c1coc2c(Cl)cccc2c1=O. The normalized spacial score (nSPS) is 16.9. The summed E-state index contributed by atoms with van der Waals surface area (Å²) in [4.78, 5) is 24.3. The van der Waals surface area contributed by atoms with Crippen LogP contribution in [0.3, 0.4) is 0 Å². The molecule has 0 saturated carbocycles. The van der Waals surface area contributed by atoms with Crippen molar-refractivity contribution in [3.05, 3.63) is 50.2 Å². The van der Waals surface area contributed by atoms with Crippen molar-refractivity contribution < 1.29 is 9.21 Å². The summed E-state index contributed by atoms with van der Waals surface area (Å²) in [6, 6.07) is 4.94. The summed E-state index contributed by atoms with van der Waals surface area (Å²) in [6.07, 6.45) is 2.75. The zero-order valence-corrected chi connectivity index (χ0v) is 12.2. The number of carbonyl (C=O) groups excluding carboxylic acids is 1. The van der Waals surface area contributed by atoms with Crippen molar-refractivity contribution in [2.75, 3.05) is 0 Å². The predicted molar refractivity (Wildman–Crippen MR) is 83.8 cm³/mol. The first-order chi connectivity index (χ1) is 9.56. The Morgan fingerprint density at radius 2 is 2.15 bits per heavy atom. The molecule has 2 aromatic rings. The molecular weight excluding hydrogens is 318 g/mol. The van der Waals surface area contributed by atoms with Crippen molar-refractivity contribution in [1.29, 1.82) is 0 Å². The lowest BCUT2D eigenvalue weighted by molar-refractivity contribution is -0.115. The maximum atomic E-state index is 12.3. The van der Waals surface area contributed by atoms with Crippen molar-refractivity contribution in [3.8, 4) is 0 Å². The van der Waals surface area contributed by atoms with E-state index in [9.17, 15) is 9.59 Å². The summed E-state index contributed by atoms with van der Waals surface area (Å²) in [5.41, 5.74) is 0.370. The summed E-state index contributed by atoms with van der Waals surface area (Å²) >= 11 is 12.0. The first-order valence-electron chi connectivity index (χ1n) is 5.51. The summed E-state index contributed by atoms with van der Waals surface area (Å²) in [7, 11) is 0. The number of hydrogen-bond donors (Lipinski definition) is 1. The second kappa shape index (κ2) is 5.05. The van der Waals surface area contributed by atoms with E-state index in [-0.39, 0.29) is 16.9 Å². The third kappa shape index (κ3) is 2.26. The number of halogens is 1. The minimum absolute atomic E-state index is 0.243. The fourth-order valence-electron chi connectivity index (χ4n) is 1.80. The molecule has 1 aliphatic heterocycles. The van der Waals surface area contributed by atoms with E-state index in [2.05, 4.69) is 5.32 Å². The monoisotopic (exact) mass is 323 g/mol. The number of carbonyl (C=O) groups is 1. The van der Waals surface area contributed by atoms with E-state index in [1.807, 2.05) is 0 Å². The fraction of sp³-hybridized carbons (Fsp3) is 0. The van der Waals surface area contributed by atoms with Crippen LogP contribution in [0.5, 0.6) is 0 Å². The number of amides is 1. The molecule has 0 bridgehead atoms. The molecule has 3 rings (SSSR count). The number of nitrogens with one attached hydrogen (secondary N) is 1. The molecular formula is C13H6ClNO3S2. The van der Waals surface area contributed by atoms with Crippen molar-refractivity contribution in [1.82, 2.24) is 5.32 Å². The highest BCUT2D eigenvalue weighted by Crippen LogP contribution is 2.26. The van der Waals surface area contributed by atoms with Gasteiger partial charge in [-0.3, -0.25) is 9.59 Å². The lowest BCUT2D eigenvalue weighted by atomic mass is 10.1. The topological polar surface area (TPSA) is 59.3 Å². The van der Waals surface area contributed by atoms with E-state index < -0.39 is 0 Å². The number of rotatable bonds is 1. The van der Waals surface area contributed by atoms with Gasteiger partial charge in [0.05, 0.1) is 20.9 Å². The minimum atomic E-state index is -0.314. The van der Waals surface area contributed by atoms with Crippen LogP contribution in [0.2, 0.25) is 5.02 Å². The van der Waals surface area contributed by atoms with Crippen molar-refractivity contribution in [2.45, 2.75) is 0 Å². The summed E-state index contributed by atoms with van der Waals surface area (Å²) < 4.78 is 5.75. The Balaban J connectivity index is 2.17. The van der Waals surface area contributed by atoms with Gasteiger partial charge in [0.1, 0.15) is 10.6 Å². The Morgan fingerprint density at radius 3 is 2.85 bits per heavy atom. The molecule has 0 aliphatic carbocycles. The molecule has 1 saturated heterocycles. The van der Waals surface area contributed by atoms with Crippen LogP contribution in [0.15, 0.2) is 38.6 Å². The smallest absolute Gasteiger partial charge is 0.263 e. The average molecular weight is 324 g/mol. The number of fused-ring (bicyclic) bond motifs is 1. The van der Waals surface area contributed by atoms with Gasteiger partial charge in [-0.25, -0.2) is 0 Å². The Kier molecular flexibility index (Phi) is 3.37. The average Bonchev–Trinajstić information content (AvgIpc) is 2.72. The molecule has 4 nitrogen and oxygen atoms in total. The maximum absolute atomic E-state index is 12.3. The van der Waals surface area contributed by atoms with Crippen LogP contribution in [0.1, 0.15) is 5.56 Å². The Morgan fingerprint density at radius 1 is 1.35 bits per heavy atom. The highest BCUT2D eigenvalue weighted by Gasteiger charge is 2.22. The first kappa shape index (κ1) is 13.4. The van der Waals surface area contributed by atoms with E-state index in [4.69, 9.17) is 28.2 Å². The Bertz CT molecular complexity index is 841. The number of benzene rings is 1. The zero-order chi connectivity index (χ0) is 14.3. The molecule has 1 fully saturated rings. The van der Waals surface area contributed by atoms with Gasteiger partial charge in [0.2, 0.25) is 0 Å². The number of thiocarbonyl (C=S) groups is 1. The van der Waals surface area contributed by atoms with Crippen LogP contribution in [-0.4, -0.2) is 10.2 Å². The number of thioether (sulfide) groups is 1. The zero-order valence-electron chi connectivity index (χ0n) is 9.81. The molecule has 1 amide bonds. The quantitative estimate of drug-likeness (QED) is 0.646. The van der Waals surface area contributed by atoms with Crippen LogP contribution >= 0.6 is 35.6 Å². The molecule has 1 N–H and O–H groups in total. The molecule has 0 unspecified atom stereocenters. The van der Waals surface area contributed by atoms with Crippen LogP contribution in [-0.2, 0) is 4.79 Å². The first-order valence-corrected chi connectivity index (χ1v) is 7.11. The van der Waals surface area contributed by atoms with Crippen molar-refractivity contribution >= 4 is 62.9 Å². The van der Waals surface area contributed by atoms with E-state index in [0.717, 1.165) is 11.8 Å². The molecule has 1 aromatic carbocycles. The molecule has 1 aliphatic rings. The van der Waals surface area contributed by atoms with E-state index in [1.165, 1.54) is 12.3 Å².